The minimum absolute atomic E-state index is 0.932. The lowest BCUT2D eigenvalue weighted by Gasteiger charge is -2.09. The van der Waals surface area contributed by atoms with Crippen LogP contribution in [-0.2, 0) is 6.42 Å². The third kappa shape index (κ3) is 2.83. The Kier molecular flexibility index (Phi) is 3.88. The van der Waals surface area contributed by atoms with Crippen LogP contribution in [-0.4, -0.2) is 9.97 Å². The van der Waals surface area contributed by atoms with Crippen molar-refractivity contribution in [3.05, 3.63) is 65.8 Å². The van der Waals surface area contributed by atoms with Crippen molar-refractivity contribution in [3.63, 3.8) is 0 Å². The van der Waals surface area contributed by atoms with Gasteiger partial charge in [0.2, 0.25) is 0 Å². The maximum atomic E-state index is 4.34. The van der Waals surface area contributed by atoms with Gasteiger partial charge in [0.15, 0.2) is 0 Å². The second-order valence-electron chi connectivity index (χ2n) is 4.52. The van der Waals surface area contributed by atoms with Crippen molar-refractivity contribution in [1.82, 2.24) is 9.97 Å². The summed E-state index contributed by atoms with van der Waals surface area (Å²) in [5, 5.41) is 0. The number of aryl methyl sites for hydroxylation is 2. The lowest BCUT2D eigenvalue weighted by molar-refractivity contribution is 0.981. The van der Waals surface area contributed by atoms with E-state index in [0.29, 0.717) is 0 Å². The van der Waals surface area contributed by atoms with E-state index in [2.05, 4.69) is 47.7 Å². The minimum Gasteiger partial charge on any atom is -0.241 e. The number of aromatic nitrogens is 2. The van der Waals surface area contributed by atoms with Crippen molar-refractivity contribution < 1.29 is 0 Å². The van der Waals surface area contributed by atoms with Crippen LogP contribution in [0.25, 0.3) is 5.57 Å². The van der Waals surface area contributed by atoms with E-state index in [1.54, 1.807) is 6.33 Å². The molecule has 0 aliphatic carbocycles. The summed E-state index contributed by atoms with van der Waals surface area (Å²) in [6.07, 6.45) is 3.55. The smallest absolute Gasteiger partial charge is 0.116 e. The lowest BCUT2D eigenvalue weighted by atomic mass is 10.0. The summed E-state index contributed by atoms with van der Waals surface area (Å²) in [5.41, 5.74) is 5.58. The molecule has 1 heterocycles. The maximum absolute atomic E-state index is 4.34. The molecule has 0 aliphatic heterocycles. The highest BCUT2D eigenvalue weighted by atomic mass is 14.8. The van der Waals surface area contributed by atoms with Gasteiger partial charge in [-0.1, -0.05) is 36.9 Å². The van der Waals surface area contributed by atoms with E-state index in [-0.39, 0.29) is 0 Å². The number of allylic oxidation sites excluding steroid dienone is 1. The van der Waals surface area contributed by atoms with Crippen LogP contribution in [0.15, 0.2) is 43.2 Å². The summed E-state index contributed by atoms with van der Waals surface area (Å²) in [6, 6.07) is 10.5. The van der Waals surface area contributed by atoms with Crippen LogP contribution in [0.5, 0.6) is 0 Å². The Balaban J connectivity index is 2.07. The largest absolute Gasteiger partial charge is 0.241 e. The zero-order valence-corrected chi connectivity index (χ0v) is 11.0. The number of nitrogens with zero attached hydrogens (tertiary/aromatic N) is 2. The highest BCUT2D eigenvalue weighted by Crippen LogP contribution is 2.20. The Morgan fingerprint density at radius 2 is 1.83 bits per heavy atom. The van der Waals surface area contributed by atoms with Crippen LogP contribution >= 0.6 is 0 Å². The fourth-order valence-electron chi connectivity index (χ4n) is 1.95. The molecule has 1 aromatic carbocycles. The fraction of sp³-hybridized carbons (Fsp3) is 0.250. The van der Waals surface area contributed by atoms with Crippen LogP contribution in [0.1, 0.15) is 28.9 Å². The van der Waals surface area contributed by atoms with Crippen molar-refractivity contribution in [2.75, 3.05) is 0 Å². The van der Waals surface area contributed by atoms with Gasteiger partial charge in [0.1, 0.15) is 6.33 Å². The molecule has 0 spiro atoms. The van der Waals surface area contributed by atoms with Gasteiger partial charge in [-0.25, -0.2) is 9.97 Å². The predicted octanol–water partition coefficient (Wildman–Crippen LogP) is 3.74. The quantitative estimate of drug-likeness (QED) is 0.811. The zero-order valence-electron chi connectivity index (χ0n) is 11.0. The molecule has 1 aromatic heterocycles. The van der Waals surface area contributed by atoms with Crippen LogP contribution in [0.4, 0.5) is 0 Å². The van der Waals surface area contributed by atoms with Gasteiger partial charge >= 0.3 is 0 Å². The first kappa shape index (κ1) is 12.5. The predicted molar refractivity (Wildman–Crippen MR) is 75.3 cm³/mol. The van der Waals surface area contributed by atoms with Gasteiger partial charge in [0.05, 0.1) is 5.69 Å². The summed E-state index contributed by atoms with van der Waals surface area (Å²) in [5.74, 6) is 0. The Bertz CT molecular complexity index is 544. The molecule has 0 N–H and O–H groups in total. The number of hydrogen-bond donors (Lipinski definition) is 0. The van der Waals surface area contributed by atoms with E-state index in [9.17, 15) is 0 Å². The topological polar surface area (TPSA) is 25.8 Å². The Morgan fingerprint density at radius 1 is 1.11 bits per heavy atom. The van der Waals surface area contributed by atoms with Gasteiger partial charge in [-0.05, 0) is 43.4 Å². The molecule has 92 valence electrons. The van der Waals surface area contributed by atoms with Crippen molar-refractivity contribution in [1.29, 1.82) is 0 Å². The van der Waals surface area contributed by atoms with E-state index in [0.717, 1.165) is 35.4 Å². The normalized spacial score (nSPS) is 10.3. The van der Waals surface area contributed by atoms with Crippen LogP contribution < -0.4 is 0 Å². The molecule has 0 bridgehead atoms. The molecule has 0 saturated carbocycles. The van der Waals surface area contributed by atoms with E-state index in [1.807, 2.05) is 13.0 Å². The maximum Gasteiger partial charge on any atom is 0.116 e. The standard InChI is InChI=1S/C16H18N2/c1-12(9-10-15-7-5-4-6-8-15)16-13(2)14(3)17-11-18-16/h4-8,11H,1,9-10H2,2-3H3. The third-order valence-corrected chi connectivity index (χ3v) is 3.23. The molecule has 0 saturated heterocycles. The third-order valence-electron chi connectivity index (χ3n) is 3.23. The first-order valence-electron chi connectivity index (χ1n) is 6.18. The Morgan fingerprint density at radius 3 is 2.56 bits per heavy atom. The van der Waals surface area contributed by atoms with E-state index < -0.39 is 0 Å². The molecule has 2 nitrogen and oxygen atoms in total. The average molecular weight is 238 g/mol. The number of benzene rings is 1. The van der Waals surface area contributed by atoms with Gasteiger partial charge in [-0.15, -0.1) is 0 Å². The second-order valence-corrected chi connectivity index (χ2v) is 4.52. The molecule has 0 fully saturated rings. The molecule has 0 aliphatic rings. The highest BCUT2D eigenvalue weighted by molar-refractivity contribution is 5.63. The molecule has 2 aromatic rings. The lowest BCUT2D eigenvalue weighted by Crippen LogP contribution is -1.99. The number of rotatable bonds is 4. The second kappa shape index (κ2) is 5.58. The first-order valence-corrected chi connectivity index (χ1v) is 6.18. The number of hydrogen-bond acceptors (Lipinski definition) is 2. The van der Waals surface area contributed by atoms with Crippen molar-refractivity contribution in [2.24, 2.45) is 0 Å². The minimum atomic E-state index is 0.932. The van der Waals surface area contributed by atoms with Crippen LogP contribution in [0, 0.1) is 13.8 Å². The molecular formula is C16H18N2. The highest BCUT2D eigenvalue weighted by Gasteiger charge is 2.07. The zero-order chi connectivity index (χ0) is 13.0. The summed E-state index contributed by atoms with van der Waals surface area (Å²) >= 11 is 0. The van der Waals surface area contributed by atoms with Gasteiger partial charge in [0.25, 0.3) is 0 Å². The fourth-order valence-corrected chi connectivity index (χ4v) is 1.95. The van der Waals surface area contributed by atoms with Gasteiger partial charge in [0, 0.05) is 5.69 Å². The summed E-state index contributed by atoms with van der Waals surface area (Å²) in [6.45, 7) is 8.21. The van der Waals surface area contributed by atoms with E-state index in [1.165, 1.54) is 5.56 Å². The Hall–Kier alpha value is -1.96. The van der Waals surface area contributed by atoms with Crippen molar-refractivity contribution >= 4 is 5.57 Å². The molecule has 18 heavy (non-hydrogen) atoms. The van der Waals surface area contributed by atoms with Crippen molar-refractivity contribution in [3.8, 4) is 0 Å². The summed E-state index contributed by atoms with van der Waals surface area (Å²) in [4.78, 5) is 8.53. The van der Waals surface area contributed by atoms with E-state index in [4.69, 9.17) is 0 Å². The summed E-state index contributed by atoms with van der Waals surface area (Å²) in [7, 11) is 0. The molecular weight excluding hydrogens is 220 g/mol. The van der Waals surface area contributed by atoms with Crippen LogP contribution in [0.3, 0.4) is 0 Å². The SMILES string of the molecule is C=C(CCc1ccccc1)c1ncnc(C)c1C. The van der Waals surface area contributed by atoms with Crippen LogP contribution in [0.2, 0.25) is 0 Å². The molecule has 0 radical (unpaired) electrons. The van der Waals surface area contributed by atoms with Crippen molar-refractivity contribution in [2.45, 2.75) is 26.7 Å². The monoisotopic (exact) mass is 238 g/mol. The molecule has 2 rings (SSSR count). The molecule has 2 heteroatoms. The first-order chi connectivity index (χ1) is 8.68. The molecule has 0 unspecified atom stereocenters. The molecule has 0 atom stereocenters. The average Bonchev–Trinajstić information content (AvgIpc) is 2.40. The molecule has 0 amide bonds. The van der Waals surface area contributed by atoms with Gasteiger partial charge < -0.3 is 0 Å². The van der Waals surface area contributed by atoms with Gasteiger partial charge in [-0.2, -0.15) is 0 Å². The van der Waals surface area contributed by atoms with Gasteiger partial charge in [-0.3, -0.25) is 0 Å². The summed E-state index contributed by atoms with van der Waals surface area (Å²) < 4.78 is 0. The Labute approximate surface area is 108 Å². The van der Waals surface area contributed by atoms with E-state index >= 15 is 0 Å².